The first-order chi connectivity index (χ1) is 4.36. The monoisotopic (exact) mass is 127 g/mol. The van der Waals surface area contributed by atoms with Crippen LogP contribution < -0.4 is 5.32 Å². The zero-order valence-electron chi connectivity index (χ0n) is 5.51. The predicted octanol–water partition coefficient (Wildman–Crippen LogP) is -0.0233. The zero-order chi connectivity index (χ0) is 6.27. The van der Waals surface area contributed by atoms with E-state index in [9.17, 15) is 5.11 Å². The van der Waals surface area contributed by atoms with Gasteiger partial charge in [0.1, 0.15) is 0 Å². The van der Waals surface area contributed by atoms with E-state index < -0.39 is 0 Å². The van der Waals surface area contributed by atoms with Gasteiger partial charge < -0.3 is 10.4 Å². The molecule has 2 rings (SSSR count). The van der Waals surface area contributed by atoms with Gasteiger partial charge in [-0.1, -0.05) is 0 Å². The van der Waals surface area contributed by atoms with E-state index in [1.54, 1.807) is 0 Å². The topological polar surface area (TPSA) is 32.3 Å². The third-order valence-corrected chi connectivity index (χ3v) is 2.63. The van der Waals surface area contributed by atoms with E-state index in [1.165, 1.54) is 0 Å². The number of fused-ring (bicyclic) bond motifs is 1. The fourth-order valence-corrected chi connectivity index (χ4v) is 2.13. The molecule has 2 heteroatoms. The van der Waals surface area contributed by atoms with Crippen molar-refractivity contribution in [1.82, 2.24) is 5.32 Å². The highest BCUT2D eigenvalue weighted by Gasteiger charge is 2.35. The summed E-state index contributed by atoms with van der Waals surface area (Å²) < 4.78 is 0. The van der Waals surface area contributed by atoms with Gasteiger partial charge in [0.15, 0.2) is 0 Å². The van der Waals surface area contributed by atoms with Crippen molar-refractivity contribution in [2.75, 3.05) is 13.1 Å². The Morgan fingerprint density at radius 1 is 1.11 bits per heavy atom. The van der Waals surface area contributed by atoms with Gasteiger partial charge in [0, 0.05) is 0 Å². The summed E-state index contributed by atoms with van der Waals surface area (Å²) in [6.07, 6.45) is 2.09. The van der Waals surface area contributed by atoms with Crippen LogP contribution in [0.2, 0.25) is 0 Å². The molecule has 0 unspecified atom stereocenters. The van der Waals surface area contributed by atoms with Crippen LogP contribution in [0.25, 0.3) is 0 Å². The number of aliphatic hydroxyl groups excluding tert-OH is 1. The molecule has 1 heterocycles. The van der Waals surface area contributed by atoms with Crippen LogP contribution in [0.1, 0.15) is 12.8 Å². The van der Waals surface area contributed by atoms with Crippen molar-refractivity contribution >= 4 is 0 Å². The van der Waals surface area contributed by atoms with E-state index in [2.05, 4.69) is 5.32 Å². The molecule has 2 fully saturated rings. The van der Waals surface area contributed by atoms with Crippen LogP contribution >= 0.6 is 0 Å². The second kappa shape index (κ2) is 1.96. The maximum Gasteiger partial charge on any atom is 0.0546 e. The molecule has 2 N–H and O–H groups in total. The summed E-state index contributed by atoms with van der Waals surface area (Å²) in [6.45, 7) is 2.28. The van der Waals surface area contributed by atoms with Gasteiger partial charge in [0.2, 0.25) is 0 Å². The SMILES string of the molecule is O[C@H]1C[C@H]2CNC[C@H]2C1. The van der Waals surface area contributed by atoms with E-state index in [1.807, 2.05) is 0 Å². The Balaban J connectivity index is 2.02. The average Bonchev–Trinajstić information content (AvgIpc) is 2.22. The lowest BCUT2D eigenvalue weighted by Crippen LogP contribution is -2.13. The van der Waals surface area contributed by atoms with Crippen LogP contribution in [0.5, 0.6) is 0 Å². The number of nitrogens with one attached hydrogen (secondary N) is 1. The van der Waals surface area contributed by atoms with Gasteiger partial charge in [-0.2, -0.15) is 0 Å². The first-order valence-electron chi connectivity index (χ1n) is 3.75. The summed E-state index contributed by atoms with van der Waals surface area (Å²) >= 11 is 0. The van der Waals surface area contributed by atoms with Crippen LogP contribution in [0.3, 0.4) is 0 Å². The van der Waals surface area contributed by atoms with Gasteiger partial charge in [-0.25, -0.2) is 0 Å². The second-order valence-corrected chi connectivity index (χ2v) is 3.30. The van der Waals surface area contributed by atoms with Crippen molar-refractivity contribution in [3.8, 4) is 0 Å². The van der Waals surface area contributed by atoms with Crippen LogP contribution in [0.15, 0.2) is 0 Å². The van der Waals surface area contributed by atoms with E-state index in [0.29, 0.717) is 0 Å². The minimum Gasteiger partial charge on any atom is -0.393 e. The van der Waals surface area contributed by atoms with Crippen molar-refractivity contribution in [2.24, 2.45) is 11.8 Å². The van der Waals surface area contributed by atoms with Gasteiger partial charge in [0.25, 0.3) is 0 Å². The Labute approximate surface area is 55.3 Å². The first-order valence-corrected chi connectivity index (χ1v) is 3.75. The maximum atomic E-state index is 9.21. The Kier molecular flexibility index (Phi) is 1.24. The summed E-state index contributed by atoms with van der Waals surface area (Å²) in [7, 11) is 0. The molecule has 0 amide bonds. The molecular weight excluding hydrogens is 114 g/mol. The van der Waals surface area contributed by atoms with Crippen molar-refractivity contribution in [3.63, 3.8) is 0 Å². The molecule has 0 bridgehead atoms. The fourth-order valence-electron chi connectivity index (χ4n) is 2.13. The molecule has 9 heavy (non-hydrogen) atoms. The van der Waals surface area contributed by atoms with Gasteiger partial charge >= 0.3 is 0 Å². The van der Waals surface area contributed by atoms with Gasteiger partial charge in [-0.3, -0.25) is 0 Å². The lowest BCUT2D eigenvalue weighted by atomic mass is 10.0. The van der Waals surface area contributed by atoms with Crippen LogP contribution in [-0.4, -0.2) is 24.3 Å². The summed E-state index contributed by atoms with van der Waals surface area (Å²) in [5.74, 6) is 1.58. The molecule has 1 saturated heterocycles. The summed E-state index contributed by atoms with van der Waals surface area (Å²) in [5, 5.41) is 12.5. The molecule has 0 radical (unpaired) electrons. The Bertz CT molecular complexity index is 103. The van der Waals surface area contributed by atoms with Crippen molar-refractivity contribution in [1.29, 1.82) is 0 Å². The van der Waals surface area contributed by atoms with Crippen LogP contribution in [0.4, 0.5) is 0 Å². The lowest BCUT2D eigenvalue weighted by molar-refractivity contribution is 0.173. The third-order valence-electron chi connectivity index (χ3n) is 2.63. The van der Waals surface area contributed by atoms with Gasteiger partial charge in [0.05, 0.1) is 6.10 Å². The predicted molar refractivity (Wildman–Crippen MR) is 35.1 cm³/mol. The molecule has 0 aromatic rings. The third kappa shape index (κ3) is 0.864. The molecule has 0 aromatic carbocycles. The summed E-state index contributed by atoms with van der Waals surface area (Å²) in [6, 6.07) is 0. The standard InChI is InChI=1S/C7H13NO/c9-7-1-5-3-8-4-6(5)2-7/h5-9H,1-4H2/t5-,6+,7-. The Morgan fingerprint density at radius 3 is 2.22 bits per heavy atom. The van der Waals surface area contributed by atoms with E-state index in [4.69, 9.17) is 0 Å². The molecule has 1 aliphatic carbocycles. The Hall–Kier alpha value is -0.0800. The van der Waals surface area contributed by atoms with Crippen molar-refractivity contribution < 1.29 is 5.11 Å². The van der Waals surface area contributed by atoms with E-state index in [-0.39, 0.29) is 6.10 Å². The average molecular weight is 127 g/mol. The molecule has 1 saturated carbocycles. The van der Waals surface area contributed by atoms with E-state index in [0.717, 1.165) is 37.8 Å². The smallest absolute Gasteiger partial charge is 0.0546 e. The molecule has 2 aliphatic rings. The number of rotatable bonds is 0. The lowest BCUT2D eigenvalue weighted by Gasteiger charge is -2.02. The summed E-state index contributed by atoms with van der Waals surface area (Å²) in [5.41, 5.74) is 0. The van der Waals surface area contributed by atoms with Crippen molar-refractivity contribution in [2.45, 2.75) is 18.9 Å². The minimum absolute atomic E-state index is 0.0158. The highest BCUT2D eigenvalue weighted by atomic mass is 16.3. The highest BCUT2D eigenvalue weighted by molar-refractivity contribution is 4.90. The van der Waals surface area contributed by atoms with Gasteiger partial charge in [-0.05, 0) is 37.8 Å². The molecule has 0 aromatic heterocycles. The second-order valence-electron chi connectivity index (χ2n) is 3.30. The fraction of sp³-hybridized carbons (Fsp3) is 1.00. The quantitative estimate of drug-likeness (QED) is 0.479. The number of aliphatic hydroxyl groups is 1. The normalized spacial score (nSPS) is 49.7. The van der Waals surface area contributed by atoms with Crippen LogP contribution in [-0.2, 0) is 0 Å². The van der Waals surface area contributed by atoms with Crippen LogP contribution in [0, 0.1) is 11.8 Å². The largest absolute Gasteiger partial charge is 0.393 e. The van der Waals surface area contributed by atoms with Gasteiger partial charge in [-0.15, -0.1) is 0 Å². The van der Waals surface area contributed by atoms with E-state index >= 15 is 0 Å². The first kappa shape index (κ1) is 5.69. The number of hydrogen-bond acceptors (Lipinski definition) is 2. The molecule has 2 nitrogen and oxygen atoms in total. The molecule has 0 spiro atoms. The zero-order valence-corrected chi connectivity index (χ0v) is 5.51. The minimum atomic E-state index is 0.0158. The molecule has 1 aliphatic heterocycles. The summed E-state index contributed by atoms with van der Waals surface area (Å²) in [4.78, 5) is 0. The maximum absolute atomic E-state index is 9.21. The molecular formula is C7H13NO. The molecule has 3 atom stereocenters. The Morgan fingerprint density at radius 2 is 1.67 bits per heavy atom. The number of hydrogen-bond donors (Lipinski definition) is 2. The highest BCUT2D eigenvalue weighted by Crippen LogP contribution is 2.33. The molecule has 52 valence electrons. The van der Waals surface area contributed by atoms with Crippen molar-refractivity contribution in [3.05, 3.63) is 0 Å².